The van der Waals surface area contributed by atoms with E-state index in [9.17, 15) is 4.79 Å². The van der Waals surface area contributed by atoms with Crippen molar-refractivity contribution in [3.05, 3.63) is 54.4 Å². The molecule has 0 unspecified atom stereocenters. The maximum atomic E-state index is 12.8. The fourth-order valence-electron chi connectivity index (χ4n) is 2.71. The van der Waals surface area contributed by atoms with Gasteiger partial charge in [0.1, 0.15) is 5.69 Å². The molecule has 1 amide bonds. The van der Waals surface area contributed by atoms with E-state index in [0.717, 1.165) is 0 Å². The molecule has 0 aliphatic rings. The highest BCUT2D eigenvalue weighted by molar-refractivity contribution is 6.04. The van der Waals surface area contributed by atoms with Gasteiger partial charge in [0.2, 0.25) is 11.7 Å². The lowest BCUT2D eigenvalue weighted by molar-refractivity contribution is 0.0996. The van der Waals surface area contributed by atoms with Gasteiger partial charge in [0, 0.05) is 32.7 Å². The van der Waals surface area contributed by atoms with Crippen molar-refractivity contribution in [2.24, 2.45) is 14.1 Å². The van der Waals surface area contributed by atoms with Gasteiger partial charge in [0.05, 0.1) is 28.8 Å². The van der Waals surface area contributed by atoms with Gasteiger partial charge in [-0.3, -0.25) is 19.1 Å². The van der Waals surface area contributed by atoms with Crippen LogP contribution in [0.2, 0.25) is 0 Å². The molecule has 4 rings (SSSR count). The summed E-state index contributed by atoms with van der Waals surface area (Å²) in [5.74, 6) is 0.0897. The van der Waals surface area contributed by atoms with Crippen molar-refractivity contribution in [3.8, 4) is 22.8 Å². The van der Waals surface area contributed by atoms with Crippen LogP contribution in [0, 0.1) is 6.92 Å². The van der Waals surface area contributed by atoms with E-state index < -0.39 is 5.91 Å². The molecule has 27 heavy (non-hydrogen) atoms. The second-order valence-electron chi connectivity index (χ2n) is 6.07. The average molecular weight is 363 g/mol. The van der Waals surface area contributed by atoms with E-state index in [1.54, 1.807) is 55.2 Å². The summed E-state index contributed by atoms with van der Waals surface area (Å²) < 4.78 is 8.94. The Morgan fingerprint density at radius 2 is 2.04 bits per heavy atom. The fraction of sp³-hybridized carbons (Fsp3) is 0.167. The van der Waals surface area contributed by atoms with Crippen LogP contribution in [0.15, 0.2) is 47.4 Å². The van der Waals surface area contributed by atoms with Gasteiger partial charge in [-0.25, -0.2) is 4.98 Å². The van der Waals surface area contributed by atoms with Crippen LogP contribution in [-0.2, 0) is 14.1 Å². The van der Waals surface area contributed by atoms with E-state index in [2.05, 4.69) is 25.5 Å². The number of amides is 1. The Labute approximate surface area is 154 Å². The molecule has 0 aliphatic heterocycles. The first-order chi connectivity index (χ1) is 13.0. The van der Waals surface area contributed by atoms with Crippen LogP contribution in [0.1, 0.15) is 16.2 Å². The summed E-state index contributed by atoms with van der Waals surface area (Å²) in [5.41, 5.74) is 2.99. The first kappa shape index (κ1) is 16.7. The summed E-state index contributed by atoms with van der Waals surface area (Å²) >= 11 is 0. The van der Waals surface area contributed by atoms with Crippen molar-refractivity contribution in [3.63, 3.8) is 0 Å². The summed E-state index contributed by atoms with van der Waals surface area (Å²) in [5, 5.41) is 11.3. The number of aryl methyl sites for hydroxylation is 3. The summed E-state index contributed by atoms with van der Waals surface area (Å²) in [6, 6.07) is 5.52. The zero-order chi connectivity index (χ0) is 19.0. The predicted molar refractivity (Wildman–Crippen MR) is 97.8 cm³/mol. The van der Waals surface area contributed by atoms with Gasteiger partial charge in [0.25, 0.3) is 5.91 Å². The lowest BCUT2D eigenvalue weighted by Gasteiger charge is -2.03. The average Bonchev–Trinajstić information content (AvgIpc) is 3.34. The van der Waals surface area contributed by atoms with Crippen LogP contribution < -0.4 is 5.32 Å². The number of hydrogen-bond donors (Lipinski definition) is 1. The largest absolute Gasteiger partial charge is 0.431 e. The van der Waals surface area contributed by atoms with Crippen LogP contribution in [0.3, 0.4) is 0 Å². The Hall–Kier alpha value is -3.75. The third-order valence-corrected chi connectivity index (χ3v) is 3.94. The lowest BCUT2D eigenvalue weighted by atomic mass is 10.2. The lowest BCUT2D eigenvalue weighted by Crippen LogP contribution is -2.12. The Bertz CT molecular complexity index is 1110. The molecular formula is C18H17N7O2. The van der Waals surface area contributed by atoms with Crippen molar-refractivity contribution >= 4 is 11.6 Å². The maximum Gasteiger partial charge on any atom is 0.293 e. The van der Waals surface area contributed by atoms with Gasteiger partial charge >= 0.3 is 0 Å². The minimum Gasteiger partial charge on any atom is -0.431 e. The smallest absolute Gasteiger partial charge is 0.293 e. The number of anilines is 1. The number of nitrogens with one attached hydrogen (secondary N) is 1. The number of nitrogens with zero attached hydrogens (tertiary/aromatic N) is 6. The number of rotatable bonds is 4. The van der Waals surface area contributed by atoms with Crippen LogP contribution in [0.4, 0.5) is 5.69 Å². The van der Waals surface area contributed by atoms with Gasteiger partial charge < -0.3 is 9.73 Å². The van der Waals surface area contributed by atoms with Crippen molar-refractivity contribution in [2.45, 2.75) is 6.92 Å². The molecule has 0 saturated carbocycles. The monoisotopic (exact) mass is 363 g/mol. The van der Waals surface area contributed by atoms with Gasteiger partial charge in [-0.1, -0.05) is 6.07 Å². The number of carbonyl (C=O) groups excluding carboxylic acids is 1. The minimum absolute atomic E-state index is 0.143. The van der Waals surface area contributed by atoms with Gasteiger partial charge in [0.15, 0.2) is 0 Å². The van der Waals surface area contributed by atoms with Gasteiger partial charge in [-0.15, -0.1) is 0 Å². The highest BCUT2D eigenvalue weighted by atomic mass is 16.4. The number of oxazole rings is 1. The van der Waals surface area contributed by atoms with E-state index in [-0.39, 0.29) is 5.76 Å². The highest BCUT2D eigenvalue weighted by Crippen LogP contribution is 2.26. The summed E-state index contributed by atoms with van der Waals surface area (Å²) in [6.07, 6.45) is 6.80. The highest BCUT2D eigenvalue weighted by Gasteiger charge is 2.21. The standard InChI is InChI=1S/C18H17N7O2/c1-11-16(27-18(21-11)12-8-20-24(2)9-12)17(26)22-14-10-25(3)23-15(14)13-6-4-5-7-19-13/h4-10H,1-3H3,(H,22,26). The zero-order valence-corrected chi connectivity index (χ0v) is 15.0. The Balaban J connectivity index is 1.63. The second-order valence-corrected chi connectivity index (χ2v) is 6.07. The van der Waals surface area contributed by atoms with Crippen molar-refractivity contribution in [2.75, 3.05) is 5.32 Å². The molecular weight excluding hydrogens is 346 g/mol. The molecule has 0 bridgehead atoms. The van der Waals surface area contributed by atoms with Crippen molar-refractivity contribution in [1.82, 2.24) is 29.5 Å². The molecule has 4 heterocycles. The van der Waals surface area contributed by atoms with E-state index in [1.807, 2.05) is 18.2 Å². The molecule has 0 radical (unpaired) electrons. The van der Waals surface area contributed by atoms with E-state index in [0.29, 0.717) is 34.2 Å². The minimum atomic E-state index is -0.402. The number of hydrogen-bond acceptors (Lipinski definition) is 6. The van der Waals surface area contributed by atoms with E-state index in [4.69, 9.17) is 4.42 Å². The molecule has 0 atom stereocenters. The van der Waals surface area contributed by atoms with Gasteiger partial charge in [-0.05, 0) is 19.1 Å². The molecule has 0 aliphatic carbocycles. The van der Waals surface area contributed by atoms with Crippen LogP contribution in [0.25, 0.3) is 22.8 Å². The molecule has 1 N–H and O–H groups in total. The molecule has 136 valence electrons. The van der Waals surface area contributed by atoms with Crippen LogP contribution in [0.5, 0.6) is 0 Å². The summed E-state index contributed by atoms with van der Waals surface area (Å²) in [4.78, 5) is 21.4. The number of pyridine rings is 1. The maximum absolute atomic E-state index is 12.8. The second kappa shape index (κ2) is 6.52. The Kier molecular flexibility index (Phi) is 4.03. The SMILES string of the molecule is Cc1nc(-c2cnn(C)c2)oc1C(=O)Nc1cn(C)nc1-c1ccccn1. The third-order valence-electron chi connectivity index (χ3n) is 3.94. The fourth-order valence-corrected chi connectivity index (χ4v) is 2.71. The van der Waals surface area contributed by atoms with E-state index in [1.165, 1.54) is 0 Å². The Morgan fingerprint density at radius 1 is 1.19 bits per heavy atom. The zero-order valence-electron chi connectivity index (χ0n) is 15.0. The quantitative estimate of drug-likeness (QED) is 0.597. The van der Waals surface area contributed by atoms with Crippen molar-refractivity contribution in [1.29, 1.82) is 0 Å². The molecule has 4 aromatic heterocycles. The summed E-state index contributed by atoms with van der Waals surface area (Å²) in [6.45, 7) is 1.72. The first-order valence-corrected chi connectivity index (χ1v) is 8.24. The number of carbonyl (C=O) groups is 1. The summed E-state index contributed by atoms with van der Waals surface area (Å²) in [7, 11) is 3.58. The molecule has 0 saturated heterocycles. The molecule has 0 fully saturated rings. The normalized spacial score (nSPS) is 10.9. The Morgan fingerprint density at radius 3 is 2.74 bits per heavy atom. The van der Waals surface area contributed by atoms with Crippen LogP contribution in [-0.4, -0.2) is 35.4 Å². The topological polar surface area (TPSA) is 104 Å². The molecule has 0 spiro atoms. The number of aromatic nitrogens is 6. The molecule has 0 aromatic carbocycles. The molecule has 4 aromatic rings. The predicted octanol–water partition coefficient (Wildman–Crippen LogP) is 2.43. The third kappa shape index (κ3) is 3.22. The molecule has 9 nitrogen and oxygen atoms in total. The van der Waals surface area contributed by atoms with Crippen molar-refractivity contribution < 1.29 is 9.21 Å². The first-order valence-electron chi connectivity index (χ1n) is 8.24. The van der Waals surface area contributed by atoms with Crippen LogP contribution >= 0.6 is 0 Å². The van der Waals surface area contributed by atoms with E-state index >= 15 is 0 Å². The molecule has 9 heteroatoms. The van der Waals surface area contributed by atoms with Gasteiger partial charge in [-0.2, -0.15) is 10.2 Å².